The molecule has 0 spiro atoms. The summed E-state index contributed by atoms with van der Waals surface area (Å²) in [5.74, 6) is -1.07. The van der Waals surface area contributed by atoms with Crippen molar-refractivity contribution in [3.63, 3.8) is 0 Å². The molecular weight excluding hydrogens is 594 g/mol. The minimum Gasteiger partial charge on any atom is -0.486 e. The number of alkyl halides is 3. The van der Waals surface area contributed by atoms with Crippen molar-refractivity contribution < 1.29 is 36.6 Å². The van der Waals surface area contributed by atoms with E-state index < -0.39 is 30.3 Å². The van der Waals surface area contributed by atoms with Crippen molar-refractivity contribution in [2.45, 2.75) is 46.1 Å². The molecule has 0 aliphatic carbocycles. The van der Waals surface area contributed by atoms with Crippen LogP contribution >= 0.6 is 0 Å². The fraction of sp³-hybridized carbons (Fsp3) is 0.250. The molecule has 0 bridgehead atoms. The number of fused-ring (bicyclic) bond motifs is 1. The molecule has 1 N–H and O–H groups in total. The number of amides is 1. The first-order chi connectivity index (χ1) is 21.3. The van der Waals surface area contributed by atoms with Gasteiger partial charge in [0.1, 0.15) is 24.1 Å². The molecule has 9 nitrogen and oxygen atoms in total. The lowest BCUT2D eigenvalue weighted by atomic mass is 10.1. The van der Waals surface area contributed by atoms with Crippen LogP contribution in [0.1, 0.15) is 31.9 Å². The molecule has 0 saturated heterocycles. The first-order valence-corrected chi connectivity index (χ1v) is 13.8. The highest BCUT2D eigenvalue weighted by molar-refractivity contribution is 5.90. The van der Waals surface area contributed by atoms with Crippen LogP contribution in [0.2, 0.25) is 0 Å². The summed E-state index contributed by atoms with van der Waals surface area (Å²) >= 11 is 0. The molecule has 0 aliphatic heterocycles. The van der Waals surface area contributed by atoms with E-state index in [-0.39, 0.29) is 35.0 Å². The summed E-state index contributed by atoms with van der Waals surface area (Å²) in [5, 5.41) is 2.63. The summed E-state index contributed by atoms with van der Waals surface area (Å²) in [6.45, 7) is 5.47. The van der Waals surface area contributed by atoms with E-state index >= 15 is 4.39 Å². The van der Waals surface area contributed by atoms with E-state index in [4.69, 9.17) is 14.2 Å². The Hall–Kier alpha value is -5.20. The van der Waals surface area contributed by atoms with E-state index in [1.165, 1.54) is 22.9 Å². The van der Waals surface area contributed by atoms with Crippen molar-refractivity contribution in [2.75, 3.05) is 11.9 Å². The minimum absolute atomic E-state index is 0.0164. The second kappa shape index (κ2) is 12.4. The van der Waals surface area contributed by atoms with Crippen LogP contribution < -0.4 is 14.8 Å². The number of benzene rings is 2. The van der Waals surface area contributed by atoms with Gasteiger partial charge in [-0.3, -0.25) is 10.3 Å². The molecule has 13 heteroatoms. The van der Waals surface area contributed by atoms with Crippen LogP contribution in [-0.4, -0.2) is 44.0 Å². The third kappa shape index (κ3) is 7.66. The Morgan fingerprint density at radius 2 is 1.71 bits per heavy atom. The van der Waals surface area contributed by atoms with Crippen LogP contribution in [0.3, 0.4) is 0 Å². The lowest BCUT2D eigenvalue weighted by molar-refractivity contribution is -0.153. The van der Waals surface area contributed by atoms with Crippen molar-refractivity contribution in [3.05, 3.63) is 90.1 Å². The largest absolute Gasteiger partial charge is 0.486 e. The molecular formula is C32H29F4N5O4. The molecule has 234 valence electrons. The molecule has 0 atom stereocenters. The lowest BCUT2D eigenvalue weighted by Gasteiger charge is -2.20. The molecule has 0 aliphatic rings. The number of aromatic nitrogens is 4. The van der Waals surface area contributed by atoms with E-state index in [9.17, 15) is 18.0 Å². The average Bonchev–Trinajstić information content (AvgIpc) is 3.34. The predicted octanol–water partition coefficient (Wildman–Crippen LogP) is 7.80. The highest BCUT2D eigenvalue weighted by atomic mass is 19.4. The highest BCUT2D eigenvalue weighted by Crippen LogP contribution is 2.37. The molecule has 45 heavy (non-hydrogen) atoms. The quantitative estimate of drug-likeness (QED) is 0.176. The zero-order chi connectivity index (χ0) is 32.4. The normalized spacial score (nSPS) is 11.8. The lowest BCUT2D eigenvalue weighted by Crippen LogP contribution is -2.27. The van der Waals surface area contributed by atoms with Crippen molar-refractivity contribution in [1.29, 1.82) is 0 Å². The van der Waals surface area contributed by atoms with E-state index in [0.717, 1.165) is 11.9 Å². The minimum atomic E-state index is -4.63. The van der Waals surface area contributed by atoms with E-state index in [0.29, 0.717) is 22.6 Å². The van der Waals surface area contributed by atoms with Gasteiger partial charge in [-0.05, 0) is 63.1 Å². The molecule has 3 heterocycles. The van der Waals surface area contributed by atoms with Gasteiger partial charge in [0.25, 0.3) is 0 Å². The maximum absolute atomic E-state index is 15.4. The number of carbonyl (C=O) groups is 1. The van der Waals surface area contributed by atoms with Gasteiger partial charge < -0.3 is 18.8 Å². The monoisotopic (exact) mass is 623 g/mol. The number of carbonyl (C=O) groups excluding carboxylic acids is 1. The van der Waals surface area contributed by atoms with Gasteiger partial charge in [0.2, 0.25) is 5.88 Å². The maximum Gasteiger partial charge on any atom is 0.422 e. The summed E-state index contributed by atoms with van der Waals surface area (Å²) in [7, 11) is 0. The molecule has 0 radical (unpaired) electrons. The van der Waals surface area contributed by atoms with Crippen LogP contribution in [0.4, 0.5) is 28.0 Å². The van der Waals surface area contributed by atoms with E-state index in [1.54, 1.807) is 45.9 Å². The Morgan fingerprint density at radius 3 is 2.38 bits per heavy atom. The maximum atomic E-state index is 15.4. The van der Waals surface area contributed by atoms with Crippen LogP contribution in [0.5, 0.6) is 11.6 Å². The van der Waals surface area contributed by atoms with Gasteiger partial charge in [0.15, 0.2) is 18.2 Å². The number of aryl methyl sites for hydroxylation is 1. The highest BCUT2D eigenvalue weighted by Gasteiger charge is 2.30. The first kappa shape index (κ1) is 31.2. The second-order valence-corrected chi connectivity index (χ2v) is 11.1. The van der Waals surface area contributed by atoms with E-state index in [1.807, 2.05) is 30.3 Å². The summed E-state index contributed by atoms with van der Waals surface area (Å²) in [5.41, 5.74) is 2.36. The third-order valence-corrected chi connectivity index (χ3v) is 6.30. The summed E-state index contributed by atoms with van der Waals surface area (Å²) in [6, 6.07) is 16.6. The Kier molecular flexibility index (Phi) is 8.62. The molecule has 5 aromatic rings. The fourth-order valence-corrected chi connectivity index (χ4v) is 4.52. The molecule has 5 rings (SSSR count). The number of pyridine rings is 1. The van der Waals surface area contributed by atoms with Crippen LogP contribution in [0, 0.1) is 12.7 Å². The molecule has 3 aromatic heterocycles. The number of ether oxygens (including phenoxy) is 3. The number of hydrogen-bond acceptors (Lipinski definition) is 7. The van der Waals surface area contributed by atoms with Crippen molar-refractivity contribution >= 4 is 22.8 Å². The molecule has 0 fully saturated rings. The third-order valence-electron chi connectivity index (χ3n) is 6.30. The average molecular weight is 624 g/mol. The van der Waals surface area contributed by atoms with Gasteiger partial charge in [0, 0.05) is 11.8 Å². The molecule has 0 saturated carbocycles. The first-order valence-electron chi connectivity index (χ1n) is 13.8. The van der Waals surface area contributed by atoms with Gasteiger partial charge in [0.05, 0.1) is 28.8 Å². The van der Waals surface area contributed by atoms with Crippen molar-refractivity contribution in [1.82, 2.24) is 19.5 Å². The standard InChI is InChI=1S/C32H29F4N5O4/c1-19-12-21(40-30(42)45-31(2,3)4)15-37-27(19)25-14-24-28(29(39-18-38-24)44-17-32(34,35)36)41(25)22-10-11-26(23(33)13-22)43-16-20-8-6-5-7-9-20/h5-15,18H,16-17H2,1-4H3,(H,40,42). The zero-order valence-electron chi connectivity index (χ0n) is 24.8. The van der Waals surface area contributed by atoms with Crippen LogP contribution in [-0.2, 0) is 11.3 Å². The number of hydrogen-bond donors (Lipinski definition) is 1. The molecule has 1 amide bonds. The Morgan fingerprint density at radius 1 is 0.956 bits per heavy atom. The van der Waals surface area contributed by atoms with Gasteiger partial charge >= 0.3 is 12.3 Å². The SMILES string of the molecule is Cc1cc(NC(=O)OC(C)(C)C)cnc1-c1cc2ncnc(OCC(F)(F)F)c2n1-c1ccc(OCc2ccccc2)c(F)c1. The van der Waals surface area contributed by atoms with Gasteiger partial charge in [-0.2, -0.15) is 18.2 Å². The van der Waals surface area contributed by atoms with Gasteiger partial charge in [-0.15, -0.1) is 0 Å². The smallest absolute Gasteiger partial charge is 0.422 e. The van der Waals surface area contributed by atoms with Gasteiger partial charge in [-0.1, -0.05) is 30.3 Å². The predicted molar refractivity (Wildman–Crippen MR) is 159 cm³/mol. The number of rotatable bonds is 8. The van der Waals surface area contributed by atoms with E-state index in [2.05, 4.69) is 20.3 Å². The topological polar surface area (TPSA) is 100 Å². The summed E-state index contributed by atoms with van der Waals surface area (Å²) in [4.78, 5) is 25.0. The van der Waals surface area contributed by atoms with Gasteiger partial charge in [-0.25, -0.2) is 14.2 Å². The summed E-state index contributed by atoms with van der Waals surface area (Å²) in [6.07, 6.45) is -2.81. The molecule has 0 unspecified atom stereocenters. The Balaban J connectivity index is 1.57. The van der Waals surface area contributed by atoms with Crippen LogP contribution in [0.25, 0.3) is 28.1 Å². The Bertz CT molecular complexity index is 1840. The second-order valence-electron chi connectivity index (χ2n) is 11.1. The number of nitrogens with zero attached hydrogens (tertiary/aromatic N) is 4. The fourth-order valence-electron chi connectivity index (χ4n) is 4.52. The zero-order valence-corrected chi connectivity index (χ0v) is 24.8. The number of halogens is 4. The van der Waals surface area contributed by atoms with Crippen molar-refractivity contribution in [3.8, 4) is 28.7 Å². The number of anilines is 1. The van der Waals surface area contributed by atoms with Crippen molar-refractivity contribution in [2.24, 2.45) is 0 Å². The summed E-state index contributed by atoms with van der Waals surface area (Å²) < 4.78 is 72.3. The Labute approximate surface area is 255 Å². The molecule has 2 aromatic carbocycles. The number of nitrogens with one attached hydrogen (secondary N) is 1. The van der Waals surface area contributed by atoms with Crippen LogP contribution in [0.15, 0.2) is 73.2 Å².